The van der Waals surface area contributed by atoms with Gasteiger partial charge < -0.3 is 10.4 Å². The number of aliphatic hydroxyl groups is 1. The fraction of sp³-hybridized carbons (Fsp3) is 0.700. The van der Waals surface area contributed by atoms with E-state index in [1.54, 1.807) is 6.92 Å². The summed E-state index contributed by atoms with van der Waals surface area (Å²) in [6.45, 7) is 1.69. The van der Waals surface area contributed by atoms with Crippen molar-refractivity contribution in [3.63, 3.8) is 0 Å². The van der Waals surface area contributed by atoms with Crippen LogP contribution in [0.5, 0.6) is 0 Å². The predicted octanol–water partition coefficient (Wildman–Crippen LogP) is 1.51. The number of rotatable bonds is 0. The Balaban J connectivity index is 2.28. The van der Waals surface area contributed by atoms with Crippen LogP contribution in [-0.4, -0.2) is 17.1 Å². The summed E-state index contributed by atoms with van der Waals surface area (Å²) in [6.07, 6.45) is 4.34. The highest BCUT2D eigenvalue weighted by molar-refractivity contribution is 5.94. The van der Waals surface area contributed by atoms with Crippen LogP contribution < -0.4 is 5.32 Å². The van der Waals surface area contributed by atoms with Crippen molar-refractivity contribution in [2.24, 2.45) is 5.92 Å². The highest BCUT2D eigenvalue weighted by Gasteiger charge is 2.35. The Kier molecular flexibility index (Phi) is 2.02. The molecule has 2 N–H and O–H groups in total. The number of carbonyl (C=O) groups excluding carboxylic acids is 1. The van der Waals surface area contributed by atoms with Crippen LogP contribution in [0.15, 0.2) is 11.3 Å². The van der Waals surface area contributed by atoms with Crippen molar-refractivity contribution in [3.05, 3.63) is 11.3 Å². The van der Waals surface area contributed by atoms with Gasteiger partial charge in [0, 0.05) is 12.0 Å². The summed E-state index contributed by atoms with van der Waals surface area (Å²) in [4.78, 5) is 11.3. The molecule has 2 rings (SSSR count). The predicted molar refractivity (Wildman–Crippen MR) is 49.2 cm³/mol. The van der Waals surface area contributed by atoms with Crippen molar-refractivity contribution < 1.29 is 9.90 Å². The first-order valence-corrected chi connectivity index (χ1v) is 4.90. The second-order valence-corrected chi connectivity index (χ2v) is 3.98. The van der Waals surface area contributed by atoms with Crippen molar-refractivity contribution in [2.45, 2.75) is 38.6 Å². The minimum absolute atomic E-state index is 0.0966. The molecule has 0 aromatic heterocycles. The quantitative estimate of drug-likeness (QED) is 0.595. The van der Waals surface area contributed by atoms with Crippen LogP contribution in [0.25, 0.3) is 0 Å². The van der Waals surface area contributed by atoms with Crippen molar-refractivity contribution in [1.82, 2.24) is 5.32 Å². The van der Waals surface area contributed by atoms with E-state index in [1.165, 1.54) is 0 Å². The van der Waals surface area contributed by atoms with Crippen LogP contribution in [0.3, 0.4) is 0 Å². The number of hydrogen-bond acceptors (Lipinski definition) is 2. The molecule has 0 bridgehead atoms. The van der Waals surface area contributed by atoms with Gasteiger partial charge >= 0.3 is 0 Å². The Morgan fingerprint density at radius 3 is 2.85 bits per heavy atom. The second kappa shape index (κ2) is 3.05. The summed E-state index contributed by atoms with van der Waals surface area (Å²) in [5.41, 5.74) is 0.503. The summed E-state index contributed by atoms with van der Waals surface area (Å²) in [5, 5.41) is 12.7. The third-order valence-electron chi connectivity index (χ3n) is 3.16. The zero-order valence-electron chi connectivity index (χ0n) is 7.84. The van der Waals surface area contributed by atoms with Gasteiger partial charge in [0.25, 0.3) is 5.91 Å². The fourth-order valence-corrected chi connectivity index (χ4v) is 2.30. The summed E-state index contributed by atoms with van der Waals surface area (Å²) in [7, 11) is 0. The van der Waals surface area contributed by atoms with Crippen molar-refractivity contribution in [3.8, 4) is 0 Å². The van der Waals surface area contributed by atoms with Crippen molar-refractivity contribution in [2.75, 3.05) is 0 Å². The van der Waals surface area contributed by atoms with E-state index in [-0.39, 0.29) is 17.9 Å². The molecule has 1 heterocycles. The molecule has 2 aliphatic rings. The zero-order valence-corrected chi connectivity index (χ0v) is 7.84. The molecule has 3 nitrogen and oxygen atoms in total. The lowest BCUT2D eigenvalue weighted by Crippen LogP contribution is -2.47. The van der Waals surface area contributed by atoms with E-state index in [1.807, 2.05) is 0 Å². The first kappa shape index (κ1) is 8.60. The molecule has 0 aromatic rings. The highest BCUT2D eigenvalue weighted by atomic mass is 16.3. The Morgan fingerprint density at radius 2 is 2.08 bits per heavy atom. The van der Waals surface area contributed by atoms with Gasteiger partial charge in [-0.05, 0) is 19.8 Å². The molecule has 1 saturated carbocycles. The molecule has 1 aliphatic carbocycles. The molecule has 2 unspecified atom stereocenters. The average molecular weight is 181 g/mol. The lowest BCUT2D eigenvalue weighted by Gasteiger charge is -2.35. The second-order valence-electron chi connectivity index (χ2n) is 3.98. The molecule has 1 fully saturated rings. The number of fused-ring (bicyclic) bond motifs is 1. The van der Waals surface area contributed by atoms with E-state index < -0.39 is 0 Å². The SMILES string of the molecule is CC1=C(O)C2CCCCC2NC1=O. The van der Waals surface area contributed by atoms with Gasteiger partial charge in [-0.3, -0.25) is 4.79 Å². The summed E-state index contributed by atoms with van der Waals surface area (Å²) >= 11 is 0. The Hall–Kier alpha value is -0.990. The Bertz CT molecular complexity index is 270. The summed E-state index contributed by atoms with van der Waals surface area (Å²) in [6, 6.07) is 0.185. The van der Waals surface area contributed by atoms with Gasteiger partial charge in [0.15, 0.2) is 0 Å². The molecule has 0 aromatic carbocycles. The molecule has 2 atom stereocenters. The molecule has 1 amide bonds. The first-order chi connectivity index (χ1) is 6.20. The molecular formula is C10H15NO2. The number of aliphatic hydroxyl groups excluding tert-OH is 1. The normalized spacial score (nSPS) is 34.1. The van der Waals surface area contributed by atoms with E-state index in [0.717, 1.165) is 25.7 Å². The van der Waals surface area contributed by atoms with E-state index >= 15 is 0 Å². The standard InChI is InChI=1S/C10H15NO2/c1-6-9(12)7-4-2-3-5-8(7)11-10(6)13/h7-8,12H,2-5H2,1H3,(H,11,13). The average Bonchev–Trinajstić information content (AvgIpc) is 2.15. The highest BCUT2D eigenvalue weighted by Crippen LogP contribution is 2.33. The number of nitrogens with one attached hydrogen (secondary N) is 1. The number of amides is 1. The molecular weight excluding hydrogens is 166 g/mol. The van der Waals surface area contributed by atoms with E-state index in [4.69, 9.17) is 0 Å². The van der Waals surface area contributed by atoms with Gasteiger partial charge in [-0.25, -0.2) is 0 Å². The maximum atomic E-state index is 11.3. The van der Waals surface area contributed by atoms with Gasteiger partial charge in [-0.15, -0.1) is 0 Å². The molecule has 0 spiro atoms. The molecule has 3 heteroatoms. The van der Waals surface area contributed by atoms with Crippen LogP contribution in [0, 0.1) is 5.92 Å². The fourth-order valence-electron chi connectivity index (χ4n) is 2.30. The molecule has 13 heavy (non-hydrogen) atoms. The molecule has 0 saturated heterocycles. The summed E-state index contributed by atoms with van der Waals surface area (Å²) in [5.74, 6) is 0.417. The maximum Gasteiger partial charge on any atom is 0.250 e. The molecule has 72 valence electrons. The van der Waals surface area contributed by atoms with Gasteiger partial charge in [-0.2, -0.15) is 0 Å². The smallest absolute Gasteiger partial charge is 0.250 e. The van der Waals surface area contributed by atoms with E-state index in [0.29, 0.717) is 11.3 Å². The van der Waals surface area contributed by atoms with Crippen LogP contribution in [0.1, 0.15) is 32.6 Å². The lowest BCUT2D eigenvalue weighted by atomic mass is 9.80. The first-order valence-electron chi connectivity index (χ1n) is 4.90. The number of hydrogen-bond donors (Lipinski definition) is 2. The minimum Gasteiger partial charge on any atom is -0.511 e. The zero-order chi connectivity index (χ0) is 9.42. The largest absolute Gasteiger partial charge is 0.511 e. The number of carbonyl (C=O) groups is 1. The third-order valence-corrected chi connectivity index (χ3v) is 3.16. The van der Waals surface area contributed by atoms with Crippen molar-refractivity contribution in [1.29, 1.82) is 0 Å². The van der Waals surface area contributed by atoms with Gasteiger partial charge in [0.2, 0.25) is 0 Å². The topological polar surface area (TPSA) is 49.3 Å². The van der Waals surface area contributed by atoms with Crippen LogP contribution >= 0.6 is 0 Å². The third kappa shape index (κ3) is 1.32. The Labute approximate surface area is 77.8 Å². The van der Waals surface area contributed by atoms with E-state index in [9.17, 15) is 9.90 Å². The molecule has 1 aliphatic heterocycles. The molecule has 0 radical (unpaired) electrons. The Morgan fingerprint density at radius 1 is 1.38 bits per heavy atom. The summed E-state index contributed by atoms with van der Waals surface area (Å²) < 4.78 is 0. The van der Waals surface area contributed by atoms with Gasteiger partial charge in [-0.1, -0.05) is 12.8 Å². The van der Waals surface area contributed by atoms with Gasteiger partial charge in [0.1, 0.15) is 5.76 Å². The van der Waals surface area contributed by atoms with Crippen LogP contribution in [0.2, 0.25) is 0 Å². The lowest BCUT2D eigenvalue weighted by molar-refractivity contribution is -0.119. The van der Waals surface area contributed by atoms with Crippen LogP contribution in [0.4, 0.5) is 0 Å². The monoisotopic (exact) mass is 181 g/mol. The maximum absolute atomic E-state index is 11.3. The van der Waals surface area contributed by atoms with E-state index in [2.05, 4.69) is 5.32 Å². The van der Waals surface area contributed by atoms with Crippen molar-refractivity contribution >= 4 is 5.91 Å². The van der Waals surface area contributed by atoms with Crippen LogP contribution in [-0.2, 0) is 4.79 Å². The minimum atomic E-state index is -0.0966. The van der Waals surface area contributed by atoms with Gasteiger partial charge in [0.05, 0.1) is 5.57 Å².